The summed E-state index contributed by atoms with van der Waals surface area (Å²) in [6.45, 7) is 9.05. The second-order valence-corrected chi connectivity index (χ2v) is 4.61. The second kappa shape index (κ2) is 8.00. The van der Waals surface area contributed by atoms with Crippen molar-refractivity contribution in [2.24, 2.45) is 0 Å². The Morgan fingerprint density at radius 3 is 2.29 bits per heavy atom. The molecule has 1 N–H and O–H groups in total. The zero-order valence-corrected chi connectivity index (χ0v) is 11.4. The second-order valence-electron chi connectivity index (χ2n) is 4.61. The van der Waals surface area contributed by atoms with Crippen molar-refractivity contribution in [3.63, 3.8) is 0 Å². The third-order valence-electron chi connectivity index (χ3n) is 3.06. The molecule has 102 valence electrons. The van der Waals surface area contributed by atoms with Crippen LogP contribution in [0.1, 0.15) is 13.8 Å². The molecule has 0 radical (unpaired) electrons. The predicted molar refractivity (Wildman–Crippen MR) is 67.1 cm³/mol. The Labute approximate surface area is 104 Å². The van der Waals surface area contributed by atoms with E-state index in [1.165, 1.54) is 0 Å². The minimum Gasteiger partial charge on any atom is -0.379 e. The van der Waals surface area contributed by atoms with Crippen LogP contribution in [0.5, 0.6) is 0 Å². The van der Waals surface area contributed by atoms with E-state index in [0.717, 1.165) is 32.8 Å². The number of methoxy groups -OCH3 is 2. The van der Waals surface area contributed by atoms with Crippen LogP contribution in [0, 0.1) is 0 Å². The molecule has 0 amide bonds. The van der Waals surface area contributed by atoms with Crippen molar-refractivity contribution < 1.29 is 14.2 Å². The molecule has 17 heavy (non-hydrogen) atoms. The number of nitrogens with one attached hydrogen (secondary N) is 1. The summed E-state index contributed by atoms with van der Waals surface area (Å²) in [5, 5.41) is 3.50. The van der Waals surface area contributed by atoms with Gasteiger partial charge < -0.3 is 19.5 Å². The van der Waals surface area contributed by atoms with Crippen molar-refractivity contribution in [2.45, 2.75) is 32.2 Å². The number of morpholine rings is 1. The molecule has 5 nitrogen and oxygen atoms in total. The molecular formula is C12H26N2O3. The smallest absolute Gasteiger partial charge is 0.171 e. The fourth-order valence-corrected chi connectivity index (χ4v) is 2.26. The normalized spacial score (nSPS) is 21.7. The molecule has 0 aromatic carbocycles. The summed E-state index contributed by atoms with van der Waals surface area (Å²) in [4.78, 5) is 2.42. The summed E-state index contributed by atoms with van der Waals surface area (Å²) in [5.74, 6) is 0. The molecule has 0 aromatic heterocycles. The summed E-state index contributed by atoms with van der Waals surface area (Å²) in [7, 11) is 3.33. The lowest BCUT2D eigenvalue weighted by Crippen LogP contribution is -2.50. The lowest BCUT2D eigenvalue weighted by Gasteiger charge is -2.32. The van der Waals surface area contributed by atoms with E-state index in [4.69, 9.17) is 14.2 Å². The van der Waals surface area contributed by atoms with Gasteiger partial charge in [-0.25, -0.2) is 0 Å². The van der Waals surface area contributed by atoms with Gasteiger partial charge in [0.25, 0.3) is 0 Å². The molecule has 1 rings (SSSR count). The van der Waals surface area contributed by atoms with Gasteiger partial charge in [0.05, 0.1) is 19.3 Å². The lowest BCUT2D eigenvalue weighted by atomic mass is 10.2. The first-order valence-electron chi connectivity index (χ1n) is 6.29. The standard InChI is InChI=1S/C12H26N2O3/c1-10(9-14-5-7-17-8-6-14)13-11(2)12(15-3)16-4/h10-13H,5-9H2,1-4H3. The van der Waals surface area contributed by atoms with Gasteiger partial charge in [-0.05, 0) is 13.8 Å². The molecule has 2 unspecified atom stereocenters. The third-order valence-corrected chi connectivity index (χ3v) is 3.06. The summed E-state index contributed by atoms with van der Waals surface area (Å²) in [5.41, 5.74) is 0. The predicted octanol–water partition coefficient (Wildman–Crippen LogP) is 0.304. The van der Waals surface area contributed by atoms with Crippen LogP contribution in [0.25, 0.3) is 0 Å². The highest BCUT2D eigenvalue weighted by Gasteiger charge is 2.19. The van der Waals surface area contributed by atoms with E-state index >= 15 is 0 Å². The molecular weight excluding hydrogens is 220 g/mol. The van der Waals surface area contributed by atoms with Crippen molar-refractivity contribution in [1.29, 1.82) is 0 Å². The first-order valence-corrected chi connectivity index (χ1v) is 6.29. The van der Waals surface area contributed by atoms with Crippen LogP contribution in [0.3, 0.4) is 0 Å². The monoisotopic (exact) mass is 246 g/mol. The number of rotatable bonds is 7. The lowest BCUT2D eigenvalue weighted by molar-refractivity contribution is -0.121. The first-order chi connectivity index (χ1) is 8.17. The van der Waals surface area contributed by atoms with Gasteiger partial charge in [0, 0.05) is 39.9 Å². The van der Waals surface area contributed by atoms with E-state index in [-0.39, 0.29) is 12.3 Å². The average molecular weight is 246 g/mol. The van der Waals surface area contributed by atoms with E-state index in [2.05, 4.69) is 24.1 Å². The number of nitrogens with zero attached hydrogens (tertiary/aromatic N) is 1. The zero-order chi connectivity index (χ0) is 12.7. The Kier molecular flexibility index (Phi) is 6.99. The highest BCUT2D eigenvalue weighted by molar-refractivity contribution is 4.74. The maximum atomic E-state index is 5.33. The molecule has 1 fully saturated rings. The molecule has 1 saturated heterocycles. The quantitative estimate of drug-likeness (QED) is 0.655. The Morgan fingerprint density at radius 1 is 1.18 bits per heavy atom. The summed E-state index contributed by atoms with van der Waals surface area (Å²) < 4.78 is 15.8. The van der Waals surface area contributed by atoms with Crippen molar-refractivity contribution >= 4 is 0 Å². The minimum absolute atomic E-state index is 0.182. The molecule has 0 spiro atoms. The summed E-state index contributed by atoms with van der Waals surface area (Å²) >= 11 is 0. The largest absolute Gasteiger partial charge is 0.379 e. The van der Waals surface area contributed by atoms with Crippen molar-refractivity contribution in [2.75, 3.05) is 47.1 Å². The molecule has 1 heterocycles. The summed E-state index contributed by atoms with van der Waals surface area (Å²) in [6.07, 6.45) is -0.192. The topological polar surface area (TPSA) is 43.0 Å². The van der Waals surface area contributed by atoms with Gasteiger partial charge in [-0.15, -0.1) is 0 Å². The molecule has 2 atom stereocenters. The Balaban J connectivity index is 2.24. The van der Waals surface area contributed by atoms with Crippen LogP contribution in [-0.2, 0) is 14.2 Å². The van der Waals surface area contributed by atoms with Gasteiger partial charge in [-0.3, -0.25) is 4.90 Å². The van der Waals surface area contributed by atoms with Crippen LogP contribution in [-0.4, -0.2) is 70.3 Å². The molecule has 1 aliphatic heterocycles. The molecule has 1 aliphatic rings. The molecule has 5 heteroatoms. The fourth-order valence-electron chi connectivity index (χ4n) is 2.26. The van der Waals surface area contributed by atoms with Gasteiger partial charge >= 0.3 is 0 Å². The van der Waals surface area contributed by atoms with Crippen LogP contribution in [0.15, 0.2) is 0 Å². The van der Waals surface area contributed by atoms with Crippen LogP contribution < -0.4 is 5.32 Å². The first kappa shape index (κ1) is 14.9. The van der Waals surface area contributed by atoms with Crippen LogP contribution in [0.2, 0.25) is 0 Å². The van der Waals surface area contributed by atoms with Crippen molar-refractivity contribution in [3.8, 4) is 0 Å². The fraction of sp³-hybridized carbons (Fsp3) is 1.00. The van der Waals surface area contributed by atoms with Crippen LogP contribution in [0.4, 0.5) is 0 Å². The highest BCUT2D eigenvalue weighted by Crippen LogP contribution is 2.03. The van der Waals surface area contributed by atoms with E-state index in [9.17, 15) is 0 Å². The maximum absolute atomic E-state index is 5.33. The molecule has 0 saturated carbocycles. The molecule has 0 bridgehead atoms. The SMILES string of the molecule is COC(OC)C(C)NC(C)CN1CCOCC1. The van der Waals surface area contributed by atoms with E-state index in [1.807, 2.05) is 0 Å². The summed E-state index contributed by atoms with van der Waals surface area (Å²) in [6, 6.07) is 0.594. The number of ether oxygens (including phenoxy) is 3. The van der Waals surface area contributed by atoms with Gasteiger partial charge in [-0.1, -0.05) is 0 Å². The van der Waals surface area contributed by atoms with E-state index < -0.39 is 0 Å². The Morgan fingerprint density at radius 2 is 1.76 bits per heavy atom. The van der Waals surface area contributed by atoms with Crippen LogP contribution >= 0.6 is 0 Å². The number of hydrogen-bond acceptors (Lipinski definition) is 5. The highest BCUT2D eigenvalue weighted by atomic mass is 16.7. The van der Waals surface area contributed by atoms with Gasteiger partial charge in [0.1, 0.15) is 0 Å². The van der Waals surface area contributed by atoms with E-state index in [1.54, 1.807) is 14.2 Å². The van der Waals surface area contributed by atoms with Crippen molar-refractivity contribution in [3.05, 3.63) is 0 Å². The molecule has 0 aliphatic carbocycles. The van der Waals surface area contributed by atoms with Crippen molar-refractivity contribution in [1.82, 2.24) is 10.2 Å². The van der Waals surface area contributed by atoms with Gasteiger partial charge in [-0.2, -0.15) is 0 Å². The van der Waals surface area contributed by atoms with E-state index in [0.29, 0.717) is 6.04 Å². The Hall–Kier alpha value is -0.200. The van der Waals surface area contributed by atoms with Gasteiger partial charge in [0.15, 0.2) is 6.29 Å². The van der Waals surface area contributed by atoms with Gasteiger partial charge in [0.2, 0.25) is 0 Å². The Bertz CT molecular complexity index is 194. The average Bonchev–Trinajstić information content (AvgIpc) is 2.31. The zero-order valence-electron chi connectivity index (χ0n) is 11.4. The molecule has 0 aromatic rings. The minimum atomic E-state index is -0.192. The number of hydrogen-bond donors (Lipinski definition) is 1. The maximum Gasteiger partial charge on any atom is 0.171 e. The third kappa shape index (κ3) is 5.31.